The maximum Gasteiger partial charge on any atom is 0.433 e. The Balaban J connectivity index is 1.76. The van der Waals surface area contributed by atoms with E-state index in [1.54, 1.807) is 12.1 Å². The van der Waals surface area contributed by atoms with Crippen molar-refractivity contribution in [1.29, 1.82) is 0 Å². The number of nitrogens with zero attached hydrogens (tertiary/aromatic N) is 2. The number of hydrogen-bond acceptors (Lipinski definition) is 6. The summed E-state index contributed by atoms with van der Waals surface area (Å²) in [6, 6.07) is 7.06. The summed E-state index contributed by atoms with van der Waals surface area (Å²) in [6.45, 7) is 1.37. The van der Waals surface area contributed by atoms with E-state index >= 15 is 0 Å². The molecule has 0 spiro atoms. The van der Waals surface area contributed by atoms with Gasteiger partial charge in [-0.1, -0.05) is 12.1 Å². The fourth-order valence-corrected chi connectivity index (χ4v) is 4.01. The Morgan fingerprint density at radius 3 is 2.72 bits per heavy atom. The smallest absolute Gasteiger partial charge is 0.433 e. The average Bonchev–Trinajstić information content (AvgIpc) is 2.51. The number of aromatic nitrogens is 2. The van der Waals surface area contributed by atoms with E-state index in [9.17, 15) is 21.6 Å². The number of fused-ring (bicyclic) bond motifs is 1. The van der Waals surface area contributed by atoms with Crippen LogP contribution >= 0.6 is 0 Å². The van der Waals surface area contributed by atoms with Crippen LogP contribution < -0.4 is 10.1 Å². The van der Waals surface area contributed by atoms with E-state index < -0.39 is 27.8 Å². The van der Waals surface area contributed by atoms with E-state index in [4.69, 9.17) is 4.74 Å². The zero-order chi connectivity index (χ0) is 18.2. The summed E-state index contributed by atoms with van der Waals surface area (Å²) in [4.78, 5) is 7.41. The average molecular weight is 373 g/mol. The van der Waals surface area contributed by atoms with Gasteiger partial charge in [0.25, 0.3) is 0 Å². The molecule has 1 aliphatic heterocycles. The molecule has 0 saturated carbocycles. The van der Waals surface area contributed by atoms with Crippen molar-refractivity contribution >= 4 is 15.8 Å². The molecule has 1 atom stereocenters. The number of nitrogens with one attached hydrogen (secondary N) is 1. The van der Waals surface area contributed by atoms with Crippen LogP contribution in [0, 0.1) is 6.92 Å². The van der Waals surface area contributed by atoms with Crippen LogP contribution in [0.2, 0.25) is 0 Å². The zero-order valence-electron chi connectivity index (χ0n) is 13.0. The number of ether oxygens (including phenoxy) is 1. The Morgan fingerprint density at radius 1 is 1.28 bits per heavy atom. The van der Waals surface area contributed by atoms with Crippen LogP contribution in [-0.2, 0) is 16.0 Å². The van der Waals surface area contributed by atoms with Gasteiger partial charge in [-0.15, -0.1) is 0 Å². The quantitative estimate of drug-likeness (QED) is 0.890. The minimum Gasteiger partial charge on any atom is -0.486 e. The van der Waals surface area contributed by atoms with Gasteiger partial charge in [-0.2, -0.15) is 13.2 Å². The van der Waals surface area contributed by atoms with Crippen molar-refractivity contribution in [3.8, 4) is 5.75 Å². The van der Waals surface area contributed by atoms with Crippen LogP contribution in [0.1, 0.15) is 11.4 Å². The molecule has 1 aromatic carbocycles. The molecule has 0 fully saturated rings. The van der Waals surface area contributed by atoms with Crippen molar-refractivity contribution in [2.45, 2.75) is 24.1 Å². The van der Waals surface area contributed by atoms with Gasteiger partial charge >= 0.3 is 6.18 Å². The maximum absolute atomic E-state index is 12.8. The van der Waals surface area contributed by atoms with E-state index in [2.05, 4.69) is 15.3 Å². The molecule has 25 heavy (non-hydrogen) atoms. The topological polar surface area (TPSA) is 81.2 Å². The second kappa shape index (κ2) is 6.17. The molecule has 2 aromatic rings. The molecule has 3 rings (SSSR count). The molecule has 6 nitrogen and oxygen atoms in total. The summed E-state index contributed by atoms with van der Waals surface area (Å²) in [5.74, 6) is -0.288. The molecule has 1 aromatic heterocycles. The fourth-order valence-electron chi connectivity index (χ4n) is 2.45. The summed E-state index contributed by atoms with van der Waals surface area (Å²) in [5, 5.41) is 2.62. The van der Waals surface area contributed by atoms with Crippen molar-refractivity contribution in [1.82, 2.24) is 9.97 Å². The predicted octanol–water partition coefficient (Wildman–Crippen LogP) is 2.45. The van der Waals surface area contributed by atoms with E-state index in [1.807, 2.05) is 0 Å². The van der Waals surface area contributed by atoms with Crippen LogP contribution in [0.5, 0.6) is 5.75 Å². The number of benzene rings is 1. The van der Waals surface area contributed by atoms with Gasteiger partial charge in [0, 0.05) is 5.69 Å². The Kier molecular flexibility index (Phi) is 4.31. The molecule has 1 unspecified atom stereocenters. The van der Waals surface area contributed by atoms with E-state index in [0.29, 0.717) is 0 Å². The van der Waals surface area contributed by atoms with Gasteiger partial charge in [0.2, 0.25) is 5.95 Å². The lowest BCUT2D eigenvalue weighted by Crippen LogP contribution is -2.37. The lowest BCUT2D eigenvalue weighted by Gasteiger charge is -2.26. The standard InChI is InChI=1S/C15H14F3N3O3S/c1-9-6-13(15(16,17)18)21-14(20-9)19-7-10-8-25(22,23)12-5-3-2-4-11(12)24-10/h2-6,10H,7-8H2,1H3,(H,19,20,21). The van der Waals surface area contributed by atoms with Crippen LogP contribution in [-0.4, -0.2) is 36.8 Å². The third kappa shape index (κ3) is 3.84. The minimum atomic E-state index is -4.59. The number of aryl methyl sites for hydroxylation is 1. The Bertz CT molecular complexity index is 900. The Labute approximate surface area is 142 Å². The van der Waals surface area contributed by atoms with Gasteiger partial charge in [0.1, 0.15) is 22.4 Å². The van der Waals surface area contributed by atoms with Gasteiger partial charge < -0.3 is 10.1 Å². The lowest BCUT2D eigenvalue weighted by atomic mass is 10.3. The third-order valence-corrected chi connectivity index (χ3v) is 5.33. The summed E-state index contributed by atoms with van der Waals surface area (Å²) in [5.41, 5.74) is -0.919. The van der Waals surface area contributed by atoms with Crippen LogP contribution in [0.3, 0.4) is 0 Å². The molecule has 0 bridgehead atoms. The molecular weight excluding hydrogens is 359 g/mol. The van der Waals surface area contributed by atoms with Gasteiger partial charge in [0.05, 0.1) is 12.3 Å². The second-order valence-electron chi connectivity index (χ2n) is 5.56. The molecule has 0 amide bonds. The first kappa shape index (κ1) is 17.5. The first-order valence-electron chi connectivity index (χ1n) is 7.30. The first-order valence-corrected chi connectivity index (χ1v) is 8.95. The van der Waals surface area contributed by atoms with Crippen LogP contribution in [0.25, 0.3) is 0 Å². The minimum absolute atomic E-state index is 0.0473. The van der Waals surface area contributed by atoms with Gasteiger partial charge in [-0.05, 0) is 25.1 Å². The highest BCUT2D eigenvalue weighted by Gasteiger charge is 2.34. The highest BCUT2D eigenvalue weighted by Crippen LogP contribution is 2.31. The molecule has 0 aliphatic carbocycles. The van der Waals surface area contributed by atoms with Gasteiger partial charge in [-0.3, -0.25) is 0 Å². The molecular formula is C15H14F3N3O3S. The second-order valence-corrected chi connectivity index (χ2v) is 7.57. The summed E-state index contributed by atoms with van der Waals surface area (Å²) >= 11 is 0. The summed E-state index contributed by atoms with van der Waals surface area (Å²) < 4.78 is 68.5. The predicted molar refractivity (Wildman–Crippen MR) is 83.2 cm³/mol. The zero-order valence-corrected chi connectivity index (χ0v) is 13.9. The number of hydrogen-bond donors (Lipinski definition) is 1. The normalized spacial score (nSPS) is 19.0. The molecule has 1 N–H and O–H groups in total. The number of sulfone groups is 1. The van der Waals surface area contributed by atoms with Crippen molar-refractivity contribution in [2.75, 3.05) is 17.6 Å². The number of para-hydroxylation sites is 1. The van der Waals surface area contributed by atoms with E-state index in [1.165, 1.54) is 19.1 Å². The molecule has 2 heterocycles. The number of halogens is 3. The van der Waals surface area contributed by atoms with Gasteiger partial charge in [-0.25, -0.2) is 18.4 Å². The maximum atomic E-state index is 12.8. The van der Waals surface area contributed by atoms with Crippen molar-refractivity contribution in [3.63, 3.8) is 0 Å². The fraction of sp³-hybridized carbons (Fsp3) is 0.333. The van der Waals surface area contributed by atoms with E-state index in [-0.39, 0.29) is 34.6 Å². The summed E-state index contributed by atoms with van der Waals surface area (Å²) in [7, 11) is -3.52. The van der Waals surface area contributed by atoms with Gasteiger partial charge in [0.15, 0.2) is 9.84 Å². The molecule has 1 aliphatic rings. The highest BCUT2D eigenvalue weighted by molar-refractivity contribution is 7.91. The van der Waals surface area contributed by atoms with Crippen molar-refractivity contribution < 1.29 is 26.3 Å². The monoisotopic (exact) mass is 373 g/mol. The number of rotatable bonds is 3. The van der Waals surface area contributed by atoms with Crippen molar-refractivity contribution in [2.24, 2.45) is 0 Å². The number of alkyl halides is 3. The van der Waals surface area contributed by atoms with Crippen LogP contribution in [0.4, 0.5) is 19.1 Å². The SMILES string of the molecule is Cc1cc(C(F)(F)F)nc(NCC2CS(=O)(=O)c3ccccc3O2)n1. The Morgan fingerprint density at radius 2 is 2.00 bits per heavy atom. The highest BCUT2D eigenvalue weighted by atomic mass is 32.2. The number of anilines is 1. The molecule has 134 valence electrons. The van der Waals surface area contributed by atoms with Crippen molar-refractivity contribution in [3.05, 3.63) is 41.7 Å². The molecule has 0 radical (unpaired) electrons. The first-order chi connectivity index (χ1) is 11.6. The van der Waals surface area contributed by atoms with E-state index in [0.717, 1.165) is 6.07 Å². The lowest BCUT2D eigenvalue weighted by molar-refractivity contribution is -0.141. The molecule has 10 heteroatoms. The van der Waals surface area contributed by atoms with Crippen LogP contribution in [0.15, 0.2) is 35.2 Å². The summed E-state index contributed by atoms with van der Waals surface area (Å²) in [6.07, 6.45) is -5.35. The largest absolute Gasteiger partial charge is 0.486 e. The molecule has 0 saturated heterocycles. The Hall–Kier alpha value is -2.36. The third-order valence-electron chi connectivity index (χ3n) is 3.52.